The maximum Gasteiger partial charge on any atom is 0.248 e. The van der Waals surface area contributed by atoms with Crippen LogP contribution in [0, 0.1) is 0 Å². The van der Waals surface area contributed by atoms with E-state index in [1.807, 2.05) is 7.05 Å². The van der Waals surface area contributed by atoms with Crippen LogP contribution in [-0.2, 0) is 7.05 Å². The molecular weight excluding hydrogens is 142 g/mol. The first-order chi connectivity index (χ1) is 5.27. The van der Waals surface area contributed by atoms with Crippen molar-refractivity contribution < 1.29 is 0 Å². The lowest BCUT2D eigenvalue weighted by Gasteiger charge is -1.90. The number of hydrogen-bond acceptors (Lipinski definition) is 2. The zero-order chi connectivity index (χ0) is 7.84. The van der Waals surface area contributed by atoms with E-state index in [1.54, 1.807) is 16.9 Å². The summed E-state index contributed by atoms with van der Waals surface area (Å²) in [6.07, 6.45) is 1.64. The molecule has 0 amide bonds. The summed E-state index contributed by atoms with van der Waals surface area (Å²) >= 11 is 0. The Morgan fingerprint density at radius 3 is 3.18 bits per heavy atom. The number of rotatable bonds is 0. The van der Waals surface area contributed by atoms with Crippen molar-refractivity contribution in [1.82, 2.24) is 14.8 Å². The lowest BCUT2D eigenvalue weighted by atomic mass is 10.4. The molecule has 2 heterocycles. The third kappa shape index (κ3) is 0.832. The number of aromatic amines is 1. The van der Waals surface area contributed by atoms with Crippen molar-refractivity contribution in [2.75, 3.05) is 0 Å². The van der Waals surface area contributed by atoms with Gasteiger partial charge in [0.25, 0.3) is 0 Å². The molecule has 0 atom stereocenters. The summed E-state index contributed by atoms with van der Waals surface area (Å²) in [5, 5.41) is 3.98. The van der Waals surface area contributed by atoms with E-state index in [-0.39, 0.29) is 5.56 Å². The average molecular weight is 149 g/mol. The highest BCUT2D eigenvalue weighted by Crippen LogP contribution is 2.04. The predicted octanol–water partition coefficient (Wildman–Crippen LogP) is 0.262. The van der Waals surface area contributed by atoms with Gasteiger partial charge < -0.3 is 4.98 Å². The smallest absolute Gasteiger partial charge is 0.248 e. The second-order valence-corrected chi connectivity index (χ2v) is 2.39. The third-order valence-electron chi connectivity index (χ3n) is 1.64. The SMILES string of the molecule is Cn1ncc2[nH]c(=O)ccc21. The van der Waals surface area contributed by atoms with Crippen LogP contribution in [-0.4, -0.2) is 14.8 Å². The standard InChI is InChI=1S/C7H7N3O/c1-10-6-2-3-7(11)9-5(6)4-8-10/h2-4H,1H3,(H,9,11). The maximum atomic E-state index is 10.8. The third-order valence-corrected chi connectivity index (χ3v) is 1.64. The summed E-state index contributed by atoms with van der Waals surface area (Å²) in [7, 11) is 1.83. The molecule has 0 fully saturated rings. The largest absolute Gasteiger partial charge is 0.319 e. The summed E-state index contributed by atoms with van der Waals surface area (Å²) < 4.78 is 1.71. The molecule has 0 aliphatic heterocycles. The highest BCUT2D eigenvalue weighted by molar-refractivity contribution is 5.73. The Bertz CT molecular complexity index is 440. The summed E-state index contributed by atoms with van der Waals surface area (Å²) in [4.78, 5) is 13.5. The summed E-state index contributed by atoms with van der Waals surface area (Å²) in [5.74, 6) is 0. The number of aromatic nitrogens is 3. The molecular formula is C7H7N3O. The van der Waals surface area contributed by atoms with Crippen LogP contribution < -0.4 is 5.56 Å². The fourth-order valence-corrected chi connectivity index (χ4v) is 1.07. The van der Waals surface area contributed by atoms with E-state index in [0.717, 1.165) is 11.0 Å². The Balaban J connectivity index is 2.96. The minimum absolute atomic E-state index is 0.0921. The number of aryl methyl sites for hydroxylation is 1. The van der Waals surface area contributed by atoms with Crippen molar-refractivity contribution in [3.63, 3.8) is 0 Å². The molecule has 2 aromatic rings. The molecule has 0 aliphatic rings. The number of H-pyrrole nitrogens is 1. The normalized spacial score (nSPS) is 10.6. The number of nitrogens with zero attached hydrogens (tertiary/aromatic N) is 2. The Kier molecular flexibility index (Phi) is 1.09. The van der Waals surface area contributed by atoms with E-state index in [0.29, 0.717) is 0 Å². The molecule has 1 N–H and O–H groups in total. The zero-order valence-corrected chi connectivity index (χ0v) is 6.03. The topological polar surface area (TPSA) is 50.7 Å². The molecule has 0 spiro atoms. The van der Waals surface area contributed by atoms with E-state index in [4.69, 9.17) is 0 Å². The summed E-state index contributed by atoms with van der Waals surface area (Å²) in [6, 6.07) is 3.24. The molecule has 0 aromatic carbocycles. The molecule has 2 rings (SSSR count). The molecule has 0 unspecified atom stereocenters. The van der Waals surface area contributed by atoms with Crippen molar-refractivity contribution in [3.8, 4) is 0 Å². The van der Waals surface area contributed by atoms with Crippen LogP contribution in [0.2, 0.25) is 0 Å². The second-order valence-electron chi connectivity index (χ2n) is 2.39. The zero-order valence-electron chi connectivity index (χ0n) is 6.03. The van der Waals surface area contributed by atoms with Crippen molar-refractivity contribution in [1.29, 1.82) is 0 Å². The van der Waals surface area contributed by atoms with Gasteiger partial charge in [-0.1, -0.05) is 0 Å². The summed E-state index contributed by atoms with van der Waals surface area (Å²) in [5.41, 5.74) is 1.62. The minimum Gasteiger partial charge on any atom is -0.319 e. The van der Waals surface area contributed by atoms with Crippen LogP contribution in [0.3, 0.4) is 0 Å². The Hall–Kier alpha value is -1.58. The van der Waals surface area contributed by atoms with Crippen LogP contribution >= 0.6 is 0 Å². The van der Waals surface area contributed by atoms with Crippen LogP contribution in [0.25, 0.3) is 11.0 Å². The maximum absolute atomic E-state index is 10.8. The van der Waals surface area contributed by atoms with E-state index < -0.39 is 0 Å². The molecule has 2 aromatic heterocycles. The van der Waals surface area contributed by atoms with Gasteiger partial charge in [-0.3, -0.25) is 9.48 Å². The molecule has 4 heteroatoms. The molecule has 0 saturated carbocycles. The molecule has 0 saturated heterocycles. The highest BCUT2D eigenvalue weighted by atomic mass is 16.1. The van der Waals surface area contributed by atoms with Gasteiger partial charge in [-0.15, -0.1) is 0 Å². The van der Waals surface area contributed by atoms with Gasteiger partial charge in [0, 0.05) is 13.1 Å². The quantitative estimate of drug-likeness (QED) is 0.584. The highest BCUT2D eigenvalue weighted by Gasteiger charge is 1.97. The Morgan fingerprint density at radius 2 is 2.36 bits per heavy atom. The Morgan fingerprint density at radius 1 is 1.55 bits per heavy atom. The predicted molar refractivity (Wildman–Crippen MR) is 41.3 cm³/mol. The van der Waals surface area contributed by atoms with Crippen molar-refractivity contribution in [2.24, 2.45) is 7.05 Å². The number of pyridine rings is 1. The van der Waals surface area contributed by atoms with Crippen LogP contribution in [0.5, 0.6) is 0 Å². The number of fused-ring (bicyclic) bond motifs is 1. The Labute approximate surface area is 62.5 Å². The first-order valence-corrected chi connectivity index (χ1v) is 3.28. The van der Waals surface area contributed by atoms with E-state index in [1.165, 1.54) is 6.07 Å². The van der Waals surface area contributed by atoms with Gasteiger partial charge in [-0.2, -0.15) is 5.10 Å². The first kappa shape index (κ1) is 6.15. The number of nitrogens with one attached hydrogen (secondary N) is 1. The lowest BCUT2D eigenvalue weighted by molar-refractivity contribution is 0.797. The molecule has 0 aliphatic carbocycles. The molecule has 0 bridgehead atoms. The second kappa shape index (κ2) is 1.95. The lowest BCUT2D eigenvalue weighted by Crippen LogP contribution is -2.02. The van der Waals surface area contributed by atoms with Gasteiger partial charge in [-0.05, 0) is 6.07 Å². The summed E-state index contributed by atoms with van der Waals surface area (Å²) in [6.45, 7) is 0. The van der Waals surface area contributed by atoms with Gasteiger partial charge in [0.1, 0.15) is 0 Å². The van der Waals surface area contributed by atoms with E-state index in [2.05, 4.69) is 10.1 Å². The van der Waals surface area contributed by atoms with E-state index in [9.17, 15) is 4.79 Å². The van der Waals surface area contributed by atoms with Crippen LogP contribution in [0.1, 0.15) is 0 Å². The fourth-order valence-electron chi connectivity index (χ4n) is 1.07. The molecule has 56 valence electrons. The fraction of sp³-hybridized carbons (Fsp3) is 0.143. The molecule has 0 radical (unpaired) electrons. The van der Waals surface area contributed by atoms with Crippen LogP contribution in [0.15, 0.2) is 23.1 Å². The van der Waals surface area contributed by atoms with Gasteiger partial charge in [-0.25, -0.2) is 0 Å². The van der Waals surface area contributed by atoms with Gasteiger partial charge in [0.2, 0.25) is 5.56 Å². The average Bonchev–Trinajstić information content (AvgIpc) is 2.32. The van der Waals surface area contributed by atoms with Gasteiger partial charge in [0.15, 0.2) is 0 Å². The van der Waals surface area contributed by atoms with Crippen LogP contribution in [0.4, 0.5) is 0 Å². The van der Waals surface area contributed by atoms with Crippen molar-refractivity contribution in [3.05, 3.63) is 28.7 Å². The molecule has 11 heavy (non-hydrogen) atoms. The van der Waals surface area contributed by atoms with Gasteiger partial charge >= 0.3 is 0 Å². The monoisotopic (exact) mass is 149 g/mol. The van der Waals surface area contributed by atoms with Crippen molar-refractivity contribution >= 4 is 11.0 Å². The molecule has 4 nitrogen and oxygen atoms in total. The minimum atomic E-state index is -0.0921. The number of hydrogen-bond donors (Lipinski definition) is 1. The van der Waals surface area contributed by atoms with E-state index >= 15 is 0 Å². The first-order valence-electron chi connectivity index (χ1n) is 3.28. The van der Waals surface area contributed by atoms with Gasteiger partial charge in [0.05, 0.1) is 17.2 Å². The van der Waals surface area contributed by atoms with Crippen molar-refractivity contribution in [2.45, 2.75) is 0 Å².